The summed E-state index contributed by atoms with van der Waals surface area (Å²) in [4.78, 5) is 23.5. The summed E-state index contributed by atoms with van der Waals surface area (Å²) in [6.45, 7) is 0. The van der Waals surface area contributed by atoms with Crippen LogP contribution in [-0.4, -0.2) is 87.9 Å². The summed E-state index contributed by atoms with van der Waals surface area (Å²) in [6.07, 6.45) is -17.5. The van der Waals surface area contributed by atoms with E-state index < -0.39 is 92.6 Å². The van der Waals surface area contributed by atoms with Crippen LogP contribution in [0.2, 0.25) is 5.02 Å². The molecule has 1 aliphatic carbocycles. The Morgan fingerprint density at radius 1 is 1.15 bits per heavy atom. The molecule has 1 aromatic rings. The van der Waals surface area contributed by atoms with Crippen molar-refractivity contribution in [1.29, 1.82) is 0 Å². The summed E-state index contributed by atoms with van der Waals surface area (Å²) >= 11 is 5.84. The Hall–Kier alpha value is -2.89. The van der Waals surface area contributed by atoms with Gasteiger partial charge >= 0.3 is 28.6 Å². The molecule has 14 nitrogen and oxygen atoms in total. The molecule has 0 radical (unpaired) electrons. The number of hydrogen-bond donors (Lipinski definition) is 6. The molecule has 1 saturated heterocycles. The molecule has 39 heavy (non-hydrogen) atoms. The number of carbonyl (C=O) groups excluding carboxylic acids is 1. The van der Waals surface area contributed by atoms with Crippen LogP contribution >= 0.6 is 11.6 Å². The van der Waals surface area contributed by atoms with Crippen LogP contribution in [-0.2, 0) is 35.0 Å². The van der Waals surface area contributed by atoms with Crippen LogP contribution in [0, 0.1) is 11.8 Å². The number of aliphatic carboxylic acids is 1. The fourth-order valence-corrected chi connectivity index (χ4v) is 4.39. The Kier molecular flexibility index (Phi) is 7.19. The smallest absolute Gasteiger partial charge is 0.446 e. The minimum absolute atomic E-state index is 0.0807. The number of fused-ring (bicyclic) bond motifs is 1. The summed E-state index contributed by atoms with van der Waals surface area (Å²) in [5, 5.41) is 40.4. The standard InChI is InChI=1S/C20H17ClF3NO13S/c21-7-5-8-10(9(6-7)38-39(32,33)34)25-17(31)37-19(8,20(22,23)24)4-3-18(1-2-18)36-16-13(28)11(26)12(27)14(35-16)15(29)30/h5-6,11-14,16,26-28H,1-2H2,(H,25,31)(H,29,30)(H,32,33,34)/t11-,12-,13+,14-,16-,19?/m1/s1. The number of carbonyl (C=O) groups is 2. The number of hydrogen-bond acceptors (Lipinski definition) is 11. The van der Waals surface area contributed by atoms with Gasteiger partial charge < -0.3 is 38.8 Å². The average Bonchev–Trinajstić information content (AvgIpc) is 3.56. The molecule has 1 amide bonds. The SMILES string of the molecule is O=C1Nc2c(OS(=O)(=O)O)cc(Cl)cc2C(C#CC2(O[C@H]3O[C@@H](C(=O)O)[C@H](O)[C@@H](O)[C@@H]3O)CC2)(C(F)(F)F)O1. The molecule has 0 bridgehead atoms. The van der Waals surface area contributed by atoms with Crippen molar-refractivity contribution in [2.24, 2.45) is 0 Å². The number of cyclic esters (lactones) is 1. The first-order valence-electron chi connectivity index (χ1n) is 10.6. The van der Waals surface area contributed by atoms with Crippen LogP contribution in [0.3, 0.4) is 0 Å². The van der Waals surface area contributed by atoms with Crippen LogP contribution < -0.4 is 9.50 Å². The van der Waals surface area contributed by atoms with Gasteiger partial charge in [0.05, 0.1) is 5.69 Å². The number of amides is 1. The number of anilines is 1. The van der Waals surface area contributed by atoms with Crippen LogP contribution in [0.15, 0.2) is 12.1 Å². The highest BCUT2D eigenvalue weighted by Gasteiger charge is 2.63. The number of alkyl halides is 3. The van der Waals surface area contributed by atoms with Crippen LogP contribution in [0.4, 0.5) is 23.7 Å². The minimum atomic E-state index is -5.50. The maximum atomic E-state index is 14.5. The zero-order valence-corrected chi connectivity index (χ0v) is 20.5. The number of aliphatic hydroxyl groups is 3. The van der Waals surface area contributed by atoms with Crippen molar-refractivity contribution >= 4 is 39.7 Å². The molecule has 3 aliphatic rings. The molecule has 2 fully saturated rings. The number of ether oxygens (including phenoxy) is 3. The van der Waals surface area contributed by atoms with Crippen molar-refractivity contribution in [1.82, 2.24) is 0 Å². The Bertz CT molecular complexity index is 1370. The van der Waals surface area contributed by atoms with Gasteiger partial charge in [-0.2, -0.15) is 21.6 Å². The molecule has 0 spiro atoms. The molecular formula is C20H17ClF3NO13S. The highest BCUT2D eigenvalue weighted by molar-refractivity contribution is 7.81. The summed E-state index contributed by atoms with van der Waals surface area (Å²) in [6, 6.07) is 1.35. The molecule has 1 saturated carbocycles. The van der Waals surface area contributed by atoms with Gasteiger partial charge in [0, 0.05) is 16.7 Å². The molecule has 214 valence electrons. The highest BCUT2D eigenvalue weighted by Crippen LogP contribution is 2.51. The number of carboxylic acids is 1. The van der Waals surface area contributed by atoms with Crippen LogP contribution in [0.25, 0.3) is 0 Å². The third-order valence-electron chi connectivity index (χ3n) is 5.84. The zero-order valence-electron chi connectivity index (χ0n) is 18.9. The summed E-state index contributed by atoms with van der Waals surface area (Å²) in [5.74, 6) is 1.19. The molecular weight excluding hydrogens is 587 g/mol. The lowest BCUT2D eigenvalue weighted by molar-refractivity contribution is -0.303. The molecule has 1 aromatic carbocycles. The number of aliphatic hydroxyl groups excluding tert-OH is 3. The number of rotatable bonds is 5. The quantitative estimate of drug-likeness (QED) is 0.197. The first-order valence-corrected chi connectivity index (χ1v) is 12.3. The van der Waals surface area contributed by atoms with E-state index in [4.69, 9.17) is 30.7 Å². The van der Waals surface area contributed by atoms with Crippen molar-refractivity contribution in [3.05, 3.63) is 22.7 Å². The van der Waals surface area contributed by atoms with E-state index in [9.17, 15) is 46.5 Å². The molecule has 0 aromatic heterocycles. The Morgan fingerprint density at radius 2 is 1.79 bits per heavy atom. The van der Waals surface area contributed by atoms with E-state index in [0.717, 1.165) is 0 Å². The first kappa shape index (κ1) is 29.1. The molecule has 1 unspecified atom stereocenters. The molecule has 2 aliphatic heterocycles. The van der Waals surface area contributed by atoms with Crippen molar-refractivity contribution < 1.29 is 74.6 Å². The summed E-state index contributed by atoms with van der Waals surface area (Å²) < 4.78 is 94.1. The topological polar surface area (TPSA) is 218 Å². The number of carboxylic acid groups (broad SMARTS) is 1. The van der Waals surface area contributed by atoms with Crippen molar-refractivity contribution in [2.75, 3.05) is 5.32 Å². The van der Waals surface area contributed by atoms with Gasteiger partial charge in [-0.3, -0.25) is 9.87 Å². The van der Waals surface area contributed by atoms with Crippen molar-refractivity contribution in [2.45, 2.75) is 60.9 Å². The monoisotopic (exact) mass is 603 g/mol. The maximum Gasteiger partial charge on any atom is 0.446 e. The van der Waals surface area contributed by atoms with Gasteiger partial charge in [-0.1, -0.05) is 17.5 Å². The largest absolute Gasteiger partial charge is 0.479 e. The summed E-state index contributed by atoms with van der Waals surface area (Å²) in [7, 11) is -5.29. The van der Waals surface area contributed by atoms with E-state index in [1.807, 2.05) is 5.32 Å². The van der Waals surface area contributed by atoms with Gasteiger partial charge in [0.2, 0.25) is 0 Å². The third-order valence-corrected chi connectivity index (χ3v) is 6.45. The van der Waals surface area contributed by atoms with Gasteiger partial charge in [0.25, 0.3) is 5.60 Å². The van der Waals surface area contributed by atoms with E-state index in [1.165, 1.54) is 0 Å². The van der Waals surface area contributed by atoms with Gasteiger partial charge in [0.1, 0.15) is 23.9 Å². The van der Waals surface area contributed by atoms with Crippen LogP contribution in [0.1, 0.15) is 18.4 Å². The predicted molar refractivity (Wildman–Crippen MR) is 117 cm³/mol. The first-order chi connectivity index (χ1) is 17.9. The second-order valence-electron chi connectivity index (χ2n) is 8.63. The lowest BCUT2D eigenvalue weighted by Gasteiger charge is -2.39. The minimum Gasteiger partial charge on any atom is -0.479 e. The molecule has 6 atom stereocenters. The Balaban J connectivity index is 1.77. The third kappa shape index (κ3) is 5.57. The van der Waals surface area contributed by atoms with Gasteiger partial charge in [-0.15, -0.1) is 0 Å². The molecule has 6 N–H and O–H groups in total. The van der Waals surface area contributed by atoms with E-state index >= 15 is 0 Å². The molecule has 4 rings (SSSR count). The van der Waals surface area contributed by atoms with E-state index in [2.05, 4.69) is 14.8 Å². The van der Waals surface area contributed by atoms with E-state index in [0.29, 0.717) is 12.1 Å². The van der Waals surface area contributed by atoms with E-state index in [1.54, 1.807) is 5.92 Å². The van der Waals surface area contributed by atoms with Crippen molar-refractivity contribution in [3.8, 4) is 17.6 Å². The Labute approximate surface area is 221 Å². The van der Waals surface area contributed by atoms with Crippen LogP contribution in [0.5, 0.6) is 5.75 Å². The predicted octanol–water partition coefficient (Wildman–Crippen LogP) is 0.286. The van der Waals surface area contributed by atoms with Gasteiger partial charge in [0.15, 0.2) is 18.1 Å². The average molecular weight is 604 g/mol. The normalized spacial score (nSPS) is 31.6. The lowest BCUT2D eigenvalue weighted by atomic mass is 9.89. The zero-order chi connectivity index (χ0) is 29.1. The van der Waals surface area contributed by atoms with Gasteiger partial charge in [-0.25, -0.2) is 9.59 Å². The number of benzene rings is 1. The molecule has 19 heteroatoms. The summed E-state index contributed by atoms with van der Waals surface area (Å²) in [5.41, 5.74) is -7.53. The number of halogens is 4. The number of nitrogens with one attached hydrogen (secondary N) is 1. The maximum absolute atomic E-state index is 14.5. The van der Waals surface area contributed by atoms with E-state index in [-0.39, 0.29) is 12.8 Å². The van der Waals surface area contributed by atoms with Crippen molar-refractivity contribution in [3.63, 3.8) is 0 Å². The second-order valence-corrected chi connectivity index (χ2v) is 10.1. The fraction of sp³-hybridized carbons (Fsp3) is 0.500. The van der Waals surface area contributed by atoms with Gasteiger partial charge in [-0.05, 0) is 24.8 Å². The Morgan fingerprint density at radius 3 is 2.33 bits per heavy atom. The second kappa shape index (κ2) is 9.64. The molecule has 2 heterocycles. The fourth-order valence-electron chi connectivity index (χ4n) is 3.82. The lowest BCUT2D eigenvalue weighted by Crippen LogP contribution is -2.61. The highest BCUT2D eigenvalue weighted by atomic mass is 35.5.